The molecule has 3 heterocycles. The molecule has 1 aliphatic rings. The van der Waals surface area contributed by atoms with Crippen LogP contribution in [0.5, 0.6) is 0 Å². The fourth-order valence-corrected chi connectivity index (χ4v) is 3.62. The lowest BCUT2D eigenvalue weighted by atomic mass is 10.1. The molecule has 2 aromatic heterocycles. The summed E-state index contributed by atoms with van der Waals surface area (Å²) in [7, 11) is 0. The summed E-state index contributed by atoms with van der Waals surface area (Å²) >= 11 is 1.70. The highest BCUT2D eigenvalue weighted by molar-refractivity contribution is 7.09. The number of hydrogen-bond donors (Lipinski definition) is 1. The zero-order chi connectivity index (χ0) is 16.6. The zero-order valence-corrected chi connectivity index (χ0v) is 14.5. The largest absolute Gasteiger partial charge is 0.379 e. The summed E-state index contributed by atoms with van der Waals surface area (Å²) in [5, 5.41) is 5.14. The molecule has 5 nitrogen and oxygen atoms in total. The van der Waals surface area contributed by atoms with Crippen LogP contribution in [0.4, 0.5) is 0 Å². The van der Waals surface area contributed by atoms with Crippen molar-refractivity contribution in [2.75, 3.05) is 32.8 Å². The average molecular weight is 345 g/mol. The molecular formula is C18H23N3O2S. The van der Waals surface area contributed by atoms with Crippen molar-refractivity contribution in [3.05, 3.63) is 52.5 Å². The number of carbonyl (C=O) groups is 1. The third kappa shape index (κ3) is 4.87. The molecule has 1 unspecified atom stereocenters. The highest BCUT2D eigenvalue weighted by Crippen LogP contribution is 2.20. The molecule has 1 saturated heterocycles. The van der Waals surface area contributed by atoms with Gasteiger partial charge in [-0.15, -0.1) is 11.3 Å². The van der Waals surface area contributed by atoms with E-state index in [1.165, 1.54) is 4.88 Å². The topological polar surface area (TPSA) is 54.5 Å². The first-order valence-corrected chi connectivity index (χ1v) is 9.21. The number of nitrogens with one attached hydrogen (secondary N) is 1. The van der Waals surface area contributed by atoms with Crippen molar-refractivity contribution < 1.29 is 9.53 Å². The van der Waals surface area contributed by atoms with Crippen LogP contribution in [0.2, 0.25) is 0 Å². The van der Waals surface area contributed by atoms with Crippen molar-refractivity contribution in [2.24, 2.45) is 0 Å². The van der Waals surface area contributed by atoms with E-state index in [0.29, 0.717) is 13.0 Å². The quantitative estimate of drug-likeness (QED) is 0.836. The molecule has 0 aromatic carbocycles. The van der Waals surface area contributed by atoms with Crippen LogP contribution in [-0.2, 0) is 16.0 Å². The Morgan fingerprint density at radius 2 is 2.21 bits per heavy atom. The highest BCUT2D eigenvalue weighted by atomic mass is 32.1. The van der Waals surface area contributed by atoms with Gasteiger partial charge < -0.3 is 10.1 Å². The third-order valence-corrected chi connectivity index (χ3v) is 5.16. The van der Waals surface area contributed by atoms with Gasteiger partial charge in [-0.2, -0.15) is 0 Å². The minimum Gasteiger partial charge on any atom is -0.379 e. The third-order valence-electron chi connectivity index (χ3n) is 4.23. The second-order valence-corrected chi connectivity index (χ2v) is 6.87. The summed E-state index contributed by atoms with van der Waals surface area (Å²) in [5.41, 5.74) is 1.14. The van der Waals surface area contributed by atoms with E-state index < -0.39 is 0 Å². The molecule has 0 aliphatic carbocycles. The number of aryl methyl sites for hydroxylation is 1. The maximum absolute atomic E-state index is 12.2. The van der Waals surface area contributed by atoms with E-state index in [4.69, 9.17) is 4.74 Å². The van der Waals surface area contributed by atoms with E-state index in [1.807, 2.05) is 23.7 Å². The summed E-state index contributed by atoms with van der Waals surface area (Å²) < 4.78 is 5.45. The lowest BCUT2D eigenvalue weighted by Crippen LogP contribution is -2.43. The Bertz CT molecular complexity index is 612. The normalized spacial score (nSPS) is 16.7. The Morgan fingerprint density at radius 3 is 2.92 bits per heavy atom. The first-order valence-electron chi connectivity index (χ1n) is 8.34. The van der Waals surface area contributed by atoms with Crippen LogP contribution < -0.4 is 5.32 Å². The number of rotatable bonds is 7. The molecule has 0 bridgehead atoms. The molecule has 128 valence electrons. The van der Waals surface area contributed by atoms with Gasteiger partial charge in [0.15, 0.2) is 0 Å². The smallest absolute Gasteiger partial charge is 0.220 e. The van der Waals surface area contributed by atoms with Gasteiger partial charge in [0.05, 0.1) is 19.3 Å². The summed E-state index contributed by atoms with van der Waals surface area (Å²) in [5.74, 6) is 0.102. The molecule has 0 spiro atoms. The van der Waals surface area contributed by atoms with Gasteiger partial charge in [0.2, 0.25) is 5.91 Å². The molecule has 1 N–H and O–H groups in total. The second kappa shape index (κ2) is 8.92. The van der Waals surface area contributed by atoms with Crippen LogP contribution in [0, 0.1) is 0 Å². The van der Waals surface area contributed by atoms with E-state index >= 15 is 0 Å². The van der Waals surface area contributed by atoms with Gasteiger partial charge in [-0.25, -0.2) is 0 Å². The van der Waals surface area contributed by atoms with Crippen molar-refractivity contribution in [1.29, 1.82) is 0 Å². The SMILES string of the molecule is O=C(CCc1cccs1)NCC(c1cccnc1)N1CCOCC1. The number of pyridine rings is 1. The fraction of sp³-hybridized carbons (Fsp3) is 0.444. The average Bonchev–Trinajstić information content (AvgIpc) is 3.16. The van der Waals surface area contributed by atoms with E-state index in [9.17, 15) is 4.79 Å². The molecule has 0 saturated carbocycles. The van der Waals surface area contributed by atoms with Crippen molar-refractivity contribution in [3.63, 3.8) is 0 Å². The molecule has 1 atom stereocenters. The number of nitrogens with zero attached hydrogens (tertiary/aromatic N) is 2. The van der Waals surface area contributed by atoms with Gasteiger partial charge in [0.1, 0.15) is 0 Å². The monoisotopic (exact) mass is 345 g/mol. The summed E-state index contributed by atoms with van der Waals surface area (Å²) in [4.78, 5) is 20.0. The summed E-state index contributed by atoms with van der Waals surface area (Å²) in [6.07, 6.45) is 5.00. The highest BCUT2D eigenvalue weighted by Gasteiger charge is 2.23. The van der Waals surface area contributed by atoms with Gasteiger partial charge in [-0.3, -0.25) is 14.7 Å². The number of thiophene rings is 1. The van der Waals surface area contributed by atoms with Gasteiger partial charge >= 0.3 is 0 Å². The molecule has 1 amide bonds. The Morgan fingerprint density at radius 1 is 1.33 bits per heavy atom. The number of amides is 1. The second-order valence-electron chi connectivity index (χ2n) is 5.83. The summed E-state index contributed by atoms with van der Waals surface area (Å²) in [6, 6.07) is 8.26. The van der Waals surface area contributed by atoms with Gasteiger partial charge in [-0.05, 0) is 29.5 Å². The first-order chi connectivity index (χ1) is 11.8. The summed E-state index contributed by atoms with van der Waals surface area (Å²) in [6.45, 7) is 3.84. The van der Waals surface area contributed by atoms with Crippen LogP contribution in [0.3, 0.4) is 0 Å². The number of morpholine rings is 1. The van der Waals surface area contributed by atoms with Crippen LogP contribution >= 0.6 is 11.3 Å². The molecule has 24 heavy (non-hydrogen) atoms. The molecule has 3 rings (SSSR count). The van der Waals surface area contributed by atoms with Crippen LogP contribution in [0.1, 0.15) is 22.9 Å². The van der Waals surface area contributed by atoms with Gasteiger partial charge in [-0.1, -0.05) is 12.1 Å². The minimum atomic E-state index is 0.102. The maximum Gasteiger partial charge on any atom is 0.220 e. The van der Waals surface area contributed by atoms with Crippen LogP contribution in [0.25, 0.3) is 0 Å². The molecule has 1 fully saturated rings. The van der Waals surface area contributed by atoms with Crippen LogP contribution in [-0.4, -0.2) is 48.6 Å². The van der Waals surface area contributed by atoms with Crippen molar-refractivity contribution >= 4 is 17.2 Å². The van der Waals surface area contributed by atoms with Gasteiger partial charge in [0.25, 0.3) is 0 Å². The lowest BCUT2D eigenvalue weighted by molar-refractivity contribution is -0.121. The molecule has 1 aliphatic heterocycles. The fourth-order valence-electron chi connectivity index (χ4n) is 2.91. The predicted octanol–water partition coefficient (Wildman–Crippen LogP) is 2.27. The Labute approximate surface area is 146 Å². The first kappa shape index (κ1) is 17.1. The van der Waals surface area contributed by atoms with E-state index in [1.54, 1.807) is 17.5 Å². The molecular weight excluding hydrogens is 322 g/mol. The molecule has 6 heteroatoms. The predicted molar refractivity (Wildman–Crippen MR) is 95.0 cm³/mol. The Hall–Kier alpha value is -1.76. The van der Waals surface area contributed by atoms with E-state index in [2.05, 4.69) is 27.3 Å². The molecule has 0 radical (unpaired) electrons. The Balaban J connectivity index is 1.56. The standard InChI is InChI=1S/C18H23N3O2S/c22-18(6-5-16-4-2-12-24-16)20-14-17(15-3-1-7-19-13-15)21-8-10-23-11-9-21/h1-4,7,12-13,17H,5-6,8-11,14H2,(H,20,22). The van der Waals surface area contributed by atoms with Gasteiger partial charge in [0, 0.05) is 43.3 Å². The van der Waals surface area contributed by atoms with Crippen molar-refractivity contribution in [3.8, 4) is 0 Å². The van der Waals surface area contributed by atoms with Crippen LogP contribution in [0.15, 0.2) is 42.0 Å². The lowest BCUT2D eigenvalue weighted by Gasteiger charge is -2.34. The number of aromatic nitrogens is 1. The molecule has 2 aromatic rings. The Kier molecular flexibility index (Phi) is 6.34. The maximum atomic E-state index is 12.2. The number of ether oxygens (including phenoxy) is 1. The van der Waals surface area contributed by atoms with Crippen molar-refractivity contribution in [1.82, 2.24) is 15.2 Å². The van der Waals surface area contributed by atoms with Crippen molar-refractivity contribution in [2.45, 2.75) is 18.9 Å². The zero-order valence-electron chi connectivity index (χ0n) is 13.7. The number of hydrogen-bond acceptors (Lipinski definition) is 5. The number of carbonyl (C=O) groups excluding carboxylic acids is 1. The van der Waals surface area contributed by atoms with E-state index in [0.717, 1.165) is 38.3 Å². The minimum absolute atomic E-state index is 0.102. The van der Waals surface area contributed by atoms with E-state index in [-0.39, 0.29) is 11.9 Å².